The van der Waals surface area contributed by atoms with Crippen LogP contribution in [0, 0.1) is 0 Å². The zero-order valence-electron chi connectivity index (χ0n) is 18.8. The SMILES string of the molecule is COc1ccc(CCC(=O)N(Cc2cccc(Br)c2)C(C)C(=O)NC(C)C)cc1OC. The lowest BCUT2D eigenvalue weighted by Gasteiger charge is -2.29. The highest BCUT2D eigenvalue weighted by molar-refractivity contribution is 9.10. The maximum absolute atomic E-state index is 13.2. The van der Waals surface area contributed by atoms with Gasteiger partial charge in [0.15, 0.2) is 11.5 Å². The van der Waals surface area contributed by atoms with Crippen LogP contribution in [-0.4, -0.2) is 43.0 Å². The summed E-state index contributed by atoms with van der Waals surface area (Å²) in [7, 11) is 3.17. The molecular weight excluding hydrogens is 460 g/mol. The standard InChI is InChI=1S/C24H31BrN2O4/c1-16(2)26-24(29)17(3)27(15-19-7-6-8-20(25)13-19)23(28)12-10-18-9-11-21(30-4)22(14-18)31-5/h6-9,11,13-14,16-17H,10,12,15H2,1-5H3,(H,26,29). The van der Waals surface area contributed by atoms with Crippen molar-refractivity contribution in [2.45, 2.75) is 52.2 Å². The Morgan fingerprint density at radius 1 is 1.00 bits per heavy atom. The van der Waals surface area contributed by atoms with E-state index in [-0.39, 0.29) is 24.3 Å². The average molecular weight is 491 g/mol. The molecule has 0 aliphatic rings. The predicted molar refractivity (Wildman–Crippen MR) is 125 cm³/mol. The number of nitrogens with one attached hydrogen (secondary N) is 1. The highest BCUT2D eigenvalue weighted by Crippen LogP contribution is 2.28. The molecule has 7 heteroatoms. The summed E-state index contributed by atoms with van der Waals surface area (Å²) in [6.07, 6.45) is 0.815. The summed E-state index contributed by atoms with van der Waals surface area (Å²) >= 11 is 3.47. The van der Waals surface area contributed by atoms with E-state index in [0.29, 0.717) is 24.5 Å². The van der Waals surface area contributed by atoms with Gasteiger partial charge in [-0.2, -0.15) is 0 Å². The Kier molecular flexibility index (Phi) is 9.37. The van der Waals surface area contributed by atoms with Crippen molar-refractivity contribution in [1.29, 1.82) is 0 Å². The van der Waals surface area contributed by atoms with E-state index in [9.17, 15) is 9.59 Å². The summed E-state index contributed by atoms with van der Waals surface area (Å²) in [5.41, 5.74) is 1.92. The van der Waals surface area contributed by atoms with Crippen molar-refractivity contribution in [3.05, 3.63) is 58.1 Å². The summed E-state index contributed by atoms with van der Waals surface area (Å²) < 4.78 is 11.6. The molecule has 31 heavy (non-hydrogen) atoms. The molecule has 0 spiro atoms. The van der Waals surface area contributed by atoms with Gasteiger partial charge in [-0.05, 0) is 62.6 Å². The fraction of sp³-hybridized carbons (Fsp3) is 0.417. The van der Waals surface area contributed by atoms with Gasteiger partial charge in [-0.1, -0.05) is 34.1 Å². The molecule has 0 saturated carbocycles. The topological polar surface area (TPSA) is 67.9 Å². The first-order valence-electron chi connectivity index (χ1n) is 10.3. The van der Waals surface area contributed by atoms with E-state index in [1.165, 1.54) is 0 Å². The fourth-order valence-electron chi connectivity index (χ4n) is 3.25. The molecular formula is C24H31BrN2O4. The molecule has 2 aromatic carbocycles. The predicted octanol–water partition coefficient (Wildman–Crippen LogP) is 4.34. The Bertz CT molecular complexity index is 901. The van der Waals surface area contributed by atoms with Crippen LogP contribution in [0.5, 0.6) is 11.5 Å². The van der Waals surface area contributed by atoms with E-state index >= 15 is 0 Å². The van der Waals surface area contributed by atoms with Gasteiger partial charge in [0.1, 0.15) is 6.04 Å². The number of rotatable bonds is 10. The van der Waals surface area contributed by atoms with Crippen LogP contribution in [0.2, 0.25) is 0 Å². The maximum atomic E-state index is 13.2. The number of carbonyl (C=O) groups is 2. The molecule has 0 saturated heterocycles. The van der Waals surface area contributed by atoms with E-state index in [1.807, 2.05) is 56.3 Å². The molecule has 6 nitrogen and oxygen atoms in total. The van der Waals surface area contributed by atoms with Gasteiger partial charge in [-0.25, -0.2) is 0 Å². The van der Waals surface area contributed by atoms with Gasteiger partial charge < -0.3 is 19.7 Å². The largest absolute Gasteiger partial charge is 0.493 e. The van der Waals surface area contributed by atoms with Crippen LogP contribution in [0.1, 0.15) is 38.3 Å². The normalized spacial score (nSPS) is 11.7. The monoisotopic (exact) mass is 490 g/mol. The van der Waals surface area contributed by atoms with Gasteiger partial charge in [0, 0.05) is 23.5 Å². The first kappa shape index (κ1) is 24.7. The summed E-state index contributed by atoms with van der Waals surface area (Å²) in [6, 6.07) is 12.8. The first-order chi connectivity index (χ1) is 14.7. The van der Waals surface area contributed by atoms with Crippen LogP contribution in [0.25, 0.3) is 0 Å². The minimum absolute atomic E-state index is 0.00420. The van der Waals surface area contributed by atoms with E-state index in [1.54, 1.807) is 26.0 Å². The third-order valence-corrected chi connectivity index (χ3v) is 5.41. The zero-order chi connectivity index (χ0) is 23.0. The minimum atomic E-state index is -0.584. The van der Waals surface area contributed by atoms with Crippen molar-refractivity contribution < 1.29 is 19.1 Å². The number of carbonyl (C=O) groups excluding carboxylic acids is 2. The Hall–Kier alpha value is -2.54. The average Bonchev–Trinajstić information content (AvgIpc) is 2.74. The number of nitrogens with zero attached hydrogens (tertiary/aromatic N) is 1. The highest BCUT2D eigenvalue weighted by Gasteiger charge is 2.26. The first-order valence-corrected chi connectivity index (χ1v) is 11.1. The molecule has 168 valence electrons. The van der Waals surface area contributed by atoms with Crippen molar-refractivity contribution in [3.63, 3.8) is 0 Å². The second-order valence-corrected chi connectivity index (χ2v) is 8.60. The van der Waals surface area contributed by atoms with Crippen LogP contribution >= 0.6 is 15.9 Å². The number of hydrogen-bond acceptors (Lipinski definition) is 4. The van der Waals surface area contributed by atoms with E-state index in [0.717, 1.165) is 15.6 Å². The Labute approximate surface area is 193 Å². The van der Waals surface area contributed by atoms with Gasteiger partial charge in [0.25, 0.3) is 0 Å². The molecule has 2 rings (SSSR count). The van der Waals surface area contributed by atoms with E-state index in [2.05, 4.69) is 21.2 Å². The van der Waals surface area contributed by atoms with Gasteiger partial charge in [-0.3, -0.25) is 9.59 Å². The van der Waals surface area contributed by atoms with Gasteiger partial charge in [0.2, 0.25) is 11.8 Å². The summed E-state index contributed by atoms with van der Waals surface area (Å²) in [5, 5.41) is 2.90. The molecule has 2 amide bonds. The van der Waals surface area contributed by atoms with Crippen LogP contribution in [0.4, 0.5) is 0 Å². The molecule has 1 atom stereocenters. The molecule has 0 radical (unpaired) electrons. The molecule has 1 N–H and O–H groups in total. The Morgan fingerprint density at radius 2 is 1.71 bits per heavy atom. The lowest BCUT2D eigenvalue weighted by Crippen LogP contribution is -2.49. The van der Waals surface area contributed by atoms with Crippen molar-refractivity contribution in [3.8, 4) is 11.5 Å². The molecule has 0 heterocycles. The third-order valence-electron chi connectivity index (χ3n) is 4.92. The lowest BCUT2D eigenvalue weighted by atomic mass is 10.1. The molecule has 1 unspecified atom stereocenters. The number of ether oxygens (including phenoxy) is 2. The number of methoxy groups -OCH3 is 2. The molecule has 0 aliphatic heterocycles. The van der Waals surface area contributed by atoms with Crippen LogP contribution in [0.3, 0.4) is 0 Å². The summed E-state index contributed by atoms with van der Waals surface area (Å²) in [6.45, 7) is 5.94. The highest BCUT2D eigenvalue weighted by atomic mass is 79.9. The molecule has 0 bridgehead atoms. The third kappa shape index (κ3) is 7.28. The smallest absolute Gasteiger partial charge is 0.242 e. The molecule has 2 aromatic rings. The van der Waals surface area contributed by atoms with Crippen molar-refractivity contribution >= 4 is 27.7 Å². The Balaban J connectivity index is 2.17. The van der Waals surface area contributed by atoms with Gasteiger partial charge in [-0.15, -0.1) is 0 Å². The minimum Gasteiger partial charge on any atom is -0.493 e. The van der Waals surface area contributed by atoms with Crippen LogP contribution in [-0.2, 0) is 22.6 Å². The Morgan fingerprint density at radius 3 is 2.32 bits per heavy atom. The van der Waals surface area contributed by atoms with E-state index in [4.69, 9.17) is 9.47 Å². The molecule has 0 aliphatic carbocycles. The van der Waals surface area contributed by atoms with Crippen molar-refractivity contribution in [2.24, 2.45) is 0 Å². The quantitative estimate of drug-likeness (QED) is 0.537. The van der Waals surface area contributed by atoms with Crippen molar-refractivity contribution in [1.82, 2.24) is 10.2 Å². The zero-order valence-corrected chi connectivity index (χ0v) is 20.4. The van der Waals surface area contributed by atoms with Gasteiger partial charge in [0.05, 0.1) is 14.2 Å². The second-order valence-electron chi connectivity index (χ2n) is 7.68. The fourth-order valence-corrected chi connectivity index (χ4v) is 3.70. The number of amides is 2. The summed E-state index contributed by atoms with van der Waals surface area (Å²) in [4.78, 5) is 27.5. The maximum Gasteiger partial charge on any atom is 0.242 e. The summed E-state index contributed by atoms with van der Waals surface area (Å²) in [5.74, 6) is 1.03. The number of aryl methyl sites for hydroxylation is 1. The molecule has 0 aromatic heterocycles. The lowest BCUT2D eigenvalue weighted by molar-refractivity contribution is -0.140. The van der Waals surface area contributed by atoms with Crippen LogP contribution < -0.4 is 14.8 Å². The van der Waals surface area contributed by atoms with Gasteiger partial charge >= 0.3 is 0 Å². The molecule has 0 fully saturated rings. The van der Waals surface area contributed by atoms with Crippen LogP contribution in [0.15, 0.2) is 46.9 Å². The number of hydrogen-bond donors (Lipinski definition) is 1. The second kappa shape index (κ2) is 11.7. The van der Waals surface area contributed by atoms with Crippen molar-refractivity contribution in [2.75, 3.05) is 14.2 Å². The number of halogens is 1. The number of benzene rings is 2. The van der Waals surface area contributed by atoms with E-state index < -0.39 is 6.04 Å².